The number of ketones is 2. The maximum atomic E-state index is 11.6. The molecule has 0 amide bonds. The van der Waals surface area contributed by atoms with Gasteiger partial charge in [-0.05, 0) is 0 Å². The Morgan fingerprint density at radius 2 is 1.93 bits per heavy atom. The fourth-order valence-electron chi connectivity index (χ4n) is 1.69. The Morgan fingerprint density at radius 1 is 1.27 bits per heavy atom. The van der Waals surface area contributed by atoms with Crippen molar-refractivity contribution in [2.75, 3.05) is 7.11 Å². The van der Waals surface area contributed by atoms with Crippen molar-refractivity contribution in [3.8, 4) is 0 Å². The summed E-state index contributed by atoms with van der Waals surface area (Å²) in [6.45, 7) is 0. The van der Waals surface area contributed by atoms with Crippen molar-refractivity contribution in [1.29, 1.82) is 0 Å². The lowest BCUT2D eigenvalue weighted by Gasteiger charge is -2.21. The minimum Gasteiger partial charge on any atom is -0.341 e. The van der Waals surface area contributed by atoms with E-state index in [9.17, 15) is 9.59 Å². The van der Waals surface area contributed by atoms with E-state index in [1.165, 1.54) is 19.2 Å². The lowest BCUT2D eigenvalue weighted by molar-refractivity contribution is -0.384. The van der Waals surface area contributed by atoms with E-state index in [2.05, 4.69) is 4.89 Å². The predicted molar refractivity (Wildman–Crippen MR) is 48.2 cm³/mol. The highest BCUT2D eigenvalue weighted by molar-refractivity contribution is 6.49. The highest BCUT2D eigenvalue weighted by Gasteiger charge is 2.54. The first-order valence-electron chi connectivity index (χ1n) is 4.23. The van der Waals surface area contributed by atoms with E-state index in [4.69, 9.17) is 9.99 Å². The van der Waals surface area contributed by atoms with Crippen LogP contribution in [0, 0.1) is 0 Å². The van der Waals surface area contributed by atoms with E-state index >= 15 is 0 Å². The van der Waals surface area contributed by atoms with Gasteiger partial charge in [0.05, 0.1) is 0 Å². The van der Waals surface area contributed by atoms with Gasteiger partial charge in [0.25, 0.3) is 11.6 Å². The summed E-state index contributed by atoms with van der Waals surface area (Å²) >= 11 is 0. The SMILES string of the molecule is COC1(OO)C(=O)C(=O)c2ccccc21. The molecule has 1 aromatic carbocycles. The highest BCUT2D eigenvalue weighted by atomic mass is 17.1. The molecule has 1 aliphatic carbocycles. The Bertz CT molecular complexity index is 433. The number of Topliss-reactive ketones (excluding diaryl/α,β-unsaturated/α-hetero) is 2. The summed E-state index contributed by atoms with van der Waals surface area (Å²) < 4.78 is 4.81. The molecule has 5 nitrogen and oxygen atoms in total. The van der Waals surface area contributed by atoms with Gasteiger partial charge in [-0.1, -0.05) is 24.3 Å². The molecule has 1 unspecified atom stereocenters. The molecular formula is C10H8O5. The van der Waals surface area contributed by atoms with Crippen LogP contribution in [-0.4, -0.2) is 23.9 Å². The third-order valence-corrected chi connectivity index (χ3v) is 2.45. The second kappa shape index (κ2) is 3.23. The number of carbonyl (C=O) groups excluding carboxylic acids is 2. The first-order chi connectivity index (χ1) is 7.17. The Balaban J connectivity index is 2.70. The van der Waals surface area contributed by atoms with Crippen LogP contribution in [0.5, 0.6) is 0 Å². The summed E-state index contributed by atoms with van der Waals surface area (Å²) in [6.07, 6.45) is 0. The molecule has 0 saturated heterocycles. The van der Waals surface area contributed by atoms with Gasteiger partial charge >= 0.3 is 0 Å². The van der Waals surface area contributed by atoms with Crippen LogP contribution < -0.4 is 0 Å². The number of carbonyl (C=O) groups is 2. The molecule has 0 saturated carbocycles. The monoisotopic (exact) mass is 208 g/mol. The minimum atomic E-state index is -1.99. The zero-order valence-electron chi connectivity index (χ0n) is 7.89. The average Bonchev–Trinajstić information content (AvgIpc) is 2.51. The van der Waals surface area contributed by atoms with E-state index in [-0.39, 0.29) is 11.1 Å². The van der Waals surface area contributed by atoms with Gasteiger partial charge in [0.15, 0.2) is 0 Å². The Morgan fingerprint density at radius 3 is 2.53 bits per heavy atom. The van der Waals surface area contributed by atoms with E-state index in [1.54, 1.807) is 12.1 Å². The lowest BCUT2D eigenvalue weighted by Crippen LogP contribution is -2.38. The number of hydrogen-bond acceptors (Lipinski definition) is 5. The van der Waals surface area contributed by atoms with Crippen LogP contribution >= 0.6 is 0 Å². The van der Waals surface area contributed by atoms with E-state index in [1.807, 2.05) is 0 Å². The third kappa shape index (κ3) is 1.08. The fraction of sp³-hybridized carbons (Fsp3) is 0.200. The Labute approximate surface area is 85.2 Å². The van der Waals surface area contributed by atoms with Gasteiger partial charge in [-0.3, -0.25) is 9.59 Å². The third-order valence-electron chi connectivity index (χ3n) is 2.45. The molecule has 0 spiro atoms. The number of benzene rings is 1. The summed E-state index contributed by atoms with van der Waals surface area (Å²) in [5.41, 5.74) is 0.420. The van der Waals surface area contributed by atoms with Crippen molar-refractivity contribution >= 4 is 11.6 Å². The summed E-state index contributed by atoms with van der Waals surface area (Å²) in [5, 5.41) is 8.75. The van der Waals surface area contributed by atoms with Crippen molar-refractivity contribution in [2.45, 2.75) is 5.79 Å². The van der Waals surface area contributed by atoms with Crippen LogP contribution in [0.15, 0.2) is 24.3 Å². The van der Waals surface area contributed by atoms with E-state index in [0.717, 1.165) is 0 Å². The number of methoxy groups -OCH3 is 1. The van der Waals surface area contributed by atoms with Crippen molar-refractivity contribution < 1.29 is 24.5 Å². The van der Waals surface area contributed by atoms with Crippen molar-refractivity contribution in [3.05, 3.63) is 35.4 Å². The lowest BCUT2D eigenvalue weighted by atomic mass is 10.1. The smallest absolute Gasteiger partial charge is 0.295 e. The molecular weight excluding hydrogens is 200 g/mol. The van der Waals surface area contributed by atoms with Crippen molar-refractivity contribution in [3.63, 3.8) is 0 Å². The molecule has 1 N–H and O–H groups in total. The normalized spacial score (nSPS) is 24.4. The van der Waals surface area contributed by atoms with Crippen LogP contribution in [0.2, 0.25) is 0 Å². The molecule has 5 heteroatoms. The Kier molecular flexibility index (Phi) is 2.15. The van der Waals surface area contributed by atoms with Gasteiger partial charge in [0.1, 0.15) is 0 Å². The Hall–Kier alpha value is -1.56. The zero-order valence-corrected chi connectivity index (χ0v) is 7.89. The quantitative estimate of drug-likeness (QED) is 0.336. The molecule has 0 aliphatic heterocycles. The molecule has 0 aromatic heterocycles. The minimum absolute atomic E-state index is 0.193. The first kappa shape index (κ1) is 9.97. The van der Waals surface area contributed by atoms with Gasteiger partial charge in [-0.15, -0.1) is 0 Å². The number of hydrogen-bond donors (Lipinski definition) is 1. The largest absolute Gasteiger partial charge is 0.341 e. The van der Waals surface area contributed by atoms with Crippen molar-refractivity contribution in [1.82, 2.24) is 0 Å². The molecule has 1 atom stereocenters. The molecule has 0 fully saturated rings. The fourth-order valence-corrected chi connectivity index (χ4v) is 1.69. The van der Waals surface area contributed by atoms with Crippen LogP contribution in [-0.2, 0) is 20.2 Å². The summed E-state index contributed by atoms with van der Waals surface area (Å²) in [6, 6.07) is 6.22. The second-order valence-corrected chi connectivity index (χ2v) is 3.12. The number of rotatable bonds is 2. The van der Waals surface area contributed by atoms with Gasteiger partial charge < -0.3 is 4.74 Å². The maximum Gasteiger partial charge on any atom is 0.295 e. The number of fused-ring (bicyclic) bond motifs is 1. The molecule has 1 aliphatic rings. The standard InChI is InChI=1S/C10H8O5/c1-14-10(15-13)7-5-3-2-4-6(7)8(11)9(10)12/h2-5,13H,1H3. The maximum absolute atomic E-state index is 11.6. The molecule has 78 valence electrons. The molecule has 15 heavy (non-hydrogen) atoms. The summed E-state index contributed by atoms with van der Waals surface area (Å²) in [7, 11) is 1.18. The highest BCUT2D eigenvalue weighted by Crippen LogP contribution is 2.37. The average molecular weight is 208 g/mol. The van der Waals surface area contributed by atoms with Crippen molar-refractivity contribution in [2.24, 2.45) is 0 Å². The zero-order chi connectivity index (χ0) is 11.1. The molecule has 0 radical (unpaired) electrons. The summed E-state index contributed by atoms with van der Waals surface area (Å²) in [4.78, 5) is 27.2. The van der Waals surface area contributed by atoms with Gasteiger partial charge in [-0.25, -0.2) is 5.26 Å². The molecule has 2 rings (SSSR count). The second-order valence-electron chi connectivity index (χ2n) is 3.12. The van der Waals surface area contributed by atoms with Crippen LogP contribution in [0.1, 0.15) is 15.9 Å². The van der Waals surface area contributed by atoms with Gasteiger partial charge in [0.2, 0.25) is 5.78 Å². The first-order valence-corrected chi connectivity index (χ1v) is 4.23. The van der Waals surface area contributed by atoms with E-state index in [0.29, 0.717) is 0 Å². The molecule has 0 heterocycles. The number of ether oxygens (including phenoxy) is 1. The van der Waals surface area contributed by atoms with Crippen LogP contribution in [0.3, 0.4) is 0 Å². The summed E-state index contributed by atoms with van der Waals surface area (Å²) in [5.74, 6) is -3.64. The van der Waals surface area contributed by atoms with Gasteiger partial charge in [-0.2, -0.15) is 4.89 Å². The molecule has 1 aromatic rings. The van der Waals surface area contributed by atoms with Gasteiger partial charge in [0, 0.05) is 18.2 Å². The molecule has 0 bridgehead atoms. The van der Waals surface area contributed by atoms with Crippen LogP contribution in [0.4, 0.5) is 0 Å². The predicted octanol–water partition coefficient (Wildman–Crippen LogP) is 0.741. The van der Waals surface area contributed by atoms with Crippen LogP contribution in [0.25, 0.3) is 0 Å². The topological polar surface area (TPSA) is 72.8 Å². The van der Waals surface area contributed by atoms with E-state index < -0.39 is 17.4 Å².